The van der Waals surface area contributed by atoms with Crippen LogP contribution >= 0.6 is 0 Å². The largest absolute Gasteiger partial charge is 0.384 e. The highest BCUT2D eigenvalue weighted by atomic mass is 16.5. The van der Waals surface area contributed by atoms with Crippen LogP contribution in [0.5, 0.6) is 0 Å². The van der Waals surface area contributed by atoms with Crippen molar-refractivity contribution in [3.8, 4) is 0 Å². The number of carbonyl (C=O) groups excluding carboxylic acids is 1. The zero-order chi connectivity index (χ0) is 13.9. The molecule has 7 nitrogen and oxygen atoms in total. The van der Waals surface area contributed by atoms with Crippen molar-refractivity contribution in [1.82, 2.24) is 20.1 Å². The highest BCUT2D eigenvalue weighted by Crippen LogP contribution is 2.22. The van der Waals surface area contributed by atoms with Crippen LogP contribution in [0.4, 0.5) is 5.82 Å². The first-order chi connectivity index (χ1) is 9.74. The fraction of sp³-hybridized carbons (Fsp3) is 0.308. The van der Waals surface area contributed by atoms with Crippen LogP contribution in [-0.4, -0.2) is 45.7 Å². The summed E-state index contributed by atoms with van der Waals surface area (Å²) in [6.07, 6.45) is 1.31. The Balaban J connectivity index is 1.75. The third kappa shape index (κ3) is 2.48. The van der Waals surface area contributed by atoms with Gasteiger partial charge in [-0.25, -0.2) is 4.98 Å². The first-order valence-electron chi connectivity index (χ1n) is 6.37. The lowest BCUT2D eigenvalue weighted by Gasteiger charge is -2.32. The van der Waals surface area contributed by atoms with Gasteiger partial charge < -0.3 is 15.4 Å². The Bertz CT molecular complexity index is 599. The molecule has 0 aliphatic carbocycles. The van der Waals surface area contributed by atoms with Crippen molar-refractivity contribution < 1.29 is 9.53 Å². The number of aromatic amines is 1. The number of nitrogens with two attached hydrogens (primary N) is 1. The predicted molar refractivity (Wildman–Crippen MR) is 71.8 cm³/mol. The van der Waals surface area contributed by atoms with Gasteiger partial charge in [0.15, 0.2) is 0 Å². The van der Waals surface area contributed by atoms with Gasteiger partial charge in [-0.05, 0) is 18.2 Å². The van der Waals surface area contributed by atoms with E-state index >= 15 is 0 Å². The number of nitrogens with one attached hydrogen (secondary N) is 1. The van der Waals surface area contributed by atoms with Crippen molar-refractivity contribution in [3.63, 3.8) is 0 Å². The van der Waals surface area contributed by atoms with Crippen LogP contribution in [0.2, 0.25) is 0 Å². The Hall–Kier alpha value is -2.41. The molecule has 0 aromatic carbocycles. The van der Waals surface area contributed by atoms with E-state index < -0.39 is 0 Å². The molecule has 3 N–H and O–H groups in total. The summed E-state index contributed by atoms with van der Waals surface area (Å²) in [5.41, 5.74) is 6.90. The van der Waals surface area contributed by atoms with Crippen molar-refractivity contribution in [2.24, 2.45) is 0 Å². The highest BCUT2D eigenvalue weighted by Gasteiger charge is 2.27. The first-order valence-corrected chi connectivity index (χ1v) is 6.37. The maximum atomic E-state index is 12.3. The van der Waals surface area contributed by atoms with Gasteiger partial charge in [-0.1, -0.05) is 6.07 Å². The van der Waals surface area contributed by atoms with Crippen LogP contribution in [0.15, 0.2) is 30.5 Å². The minimum Gasteiger partial charge on any atom is -0.384 e. The molecule has 2 aromatic heterocycles. The number of carbonyl (C=O) groups is 1. The van der Waals surface area contributed by atoms with Crippen molar-refractivity contribution in [1.29, 1.82) is 0 Å². The van der Waals surface area contributed by atoms with Crippen LogP contribution in [0.25, 0.3) is 0 Å². The molecule has 3 rings (SSSR count). The van der Waals surface area contributed by atoms with Crippen LogP contribution in [0, 0.1) is 0 Å². The second kappa shape index (κ2) is 5.30. The van der Waals surface area contributed by atoms with E-state index in [0.717, 1.165) is 5.69 Å². The van der Waals surface area contributed by atoms with Gasteiger partial charge in [0.1, 0.15) is 17.6 Å². The third-order valence-electron chi connectivity index (χ3n) is 3.21. The van der Waals surface area contributed by atoms with Crippen molar-refractivity contribution >= 4 is 11.7 Å². The molecule has 1 atom stereocenters. The normalized spacial score (nSPS) is 19.0. The number of pyridine rings is 1. The molecule has 2 aromatic rings. The van der Waals surface area contributed by atoms with E-state index in [1.165, 1.54) is 0 Å². The summed E-state index contributed by atoms with van der Waals surface area (Å²) in [6, 6.07) is 7.06. The minimum absolute atomic E-state index is 0.0836. The molecule has 3 heterocycles. The lowest BCUT2D eigenvalue weighted by atomic mass is 10.1. The average Bonchev–Trinajstić information content (AvgIpc) is 3.01. The topological polar surface area (TPSA) is 97.1 Å². The van der Waals surface area contributed by atoms with Crippen molar-refractivity contribution in [2.45, 2.75) is 6.10 Å². The number of morpholine rings is 1. The lowest BCUT2D eigenvalue weighted by Crippen LogP contribution is -2.42. The Morgan fingerprint density at radius 1 is 1.45 bits per heavy atom. The van der Waals surface area contributed by atoms with E-state index in [-0.39, 0.29) is 12.0 Å². The number of rotatable bonds is 2. The predicted octanol–water partition coefficient (Wildman–Crippen LogP) is 0.601. The molecule has 20 heavy (non-hydrogen) atoms. The number of amides is 1. The second-order valence-corrected chi connectivity index (χ2v) is 4.57. The standard InChI is InChI=1S/C13H15N5O2/c14-12-3-1-2-9(16-12)11-8-18(6-7-20-11)13(19)10-4-5-15-17-10/h1-5,11H,6-8H2,(H2,14,16)(H,15,17)/t11-/m0/s1. The van der Waals surface area contributed by atoms with Crippen LogP contribution in [0.3, 0.4) is 0 Å². The zero-order valence-electron chi connectivity index (χ0n) is 10.8. The zero-order valence-corrected chi connectivity index (χ0v) is 10.8. The smallest absolute Gasteiger partial charge is 0.272 e. The molecule has 1 aliphatic heterocycles. The number of anilines is 1. The molecule has 0 saturated carbocycles. The number of hydrogen-bond acceptors (Lipinski definition) is 5. The summed E-state index contributed by atoms with van der Waals surface area (Å²) in [6.45, 7) is 1.48. The Labute approximate surface area is 115 Å². The lowest BCUT2D eigenvalue weighted by molar-refractivity contribution is -0.0248. The van der Waals surface area contributed by atoms with E-state index in [4.69, 9.17) is 10.5 Å². The summed E-state index contributed by atoms with van der Waals surface area (Å²) >= 11 is 0. The summed E-state index contributed by atoms with van der Waals surface area (Å²) in [4.78, 5) is 18.2. The molecule has 7 heteroatoms. The average molecular weight is 273 g/mol. The minimum atomic E-state index is -0.251. The summed E-state index contributed by atoms with van der Waals surface area (Å²) < 4.78 is 5.68. The molecule has 1 fully saturated rings. The number of nitrogen functional groups attached to an aromatic ring is 1. The number of hydrogen-bond donors (Lipinski definition) is 2. The fourth-order valence-corrected chi connectivity index (χ4v) is 2.21. The molecule has 0 radical (unpaired) electrons. The second-order valence-electron chi connectivity index (χ2n) is 4.57. The number of nitrogens with zero attached hydrogens (tertiary/aromatic N) is 3. The van der Waals surface area contributed by atoms with E-state index in [1.807, 2.05) is 12.1 Å². The summed E-state index contributed by atoms with van der Waals surface area (Å²) in [7, 11) is 0. The molecule has 0 spiro atoms. The molecule has 1 aliphatic rings. The third-order valence-corrected chi connectivity index (χ3v) is 3.21. The quantitative estimate of drug-likeness (QED) is 0.835. The molecule has 0 bridgehead atoms. The Kier molecular flexibility index (Phi) is 3.34. The molecule has 1 saturated heterocycles. The van der Waals surface area contributed by atoms with E-state index in [2.05, 4.69) is 15.2 Å². The van der Waals surface area contributed by atoms with Gasteiger partial charge in [-0.15, -0.1) is 0 Å². The van der Waals surface area contributed by atoms with Gasteiger partial charge in [-0.3, -0.25) is 9.89 Å². The van der Waals surface area contributed by atoms with Gasteiger partial charge in [0, 0.05) is 12.7 Å². The van der Waals surface area contributed by atoms with E-state index in [1.54, 1.807) is 23.2 Å². The fourth-order valence-electron chi connectivity index (χ4n) is 2.21. The van der Waals surface area contributed by atoms with E-state index in [0.29, 0.717) is 31.2 Å². The maximum Gasteiger partial charge on any atom is 0.272 e. The SMILES string of the molecule is Nc1cccc([C@@H]2CN(C(=O)c3ccn[nH]3)CCO2)n1. The molecular weight excluding hydrogens is 258 g/mol. The van der Waals surface area contributed by atoms with Crippen LogP contribution in [-0.2, 0) is 4.74 Å². The van der Waals surface area contributed by atoms with Gasteiger partial charge in [0.2, 0.25) is 0 Å². The van der Waals surface area contributed by atoms with Crippen molar-refractivity contribution in [2.75, 3.05) is 25.4 Å². The van der Waals surface area contributed by atoms with E-state index in [9.17, 15) is 4.79 Å². The molecule has 1 amide bonds. The maximum absolute atomic E-state index is 12.3. The Morgan fingerprint density at radius 2 is 2.35 bits per heavy atom. The first kappa shape index (κ1) is 12.6. The monoisotopic (exact) mass is 273 g/mol. The van der Waals surface area contributed by atoms with Crippen LogP contribution < -0.4 is 5.73 Å². The number of ether oxygens (including phenoxy) is 1. The highest BCUT2D eigenvalue weighted by molar-refractivity contribution is 5.92. The van der Waals surface area contributed by atoms with Gasteiger partial charge >= 0.3 is 0 Å². The summed E-state index contributed by atoms with van der Waals surface area (Å²) in [5, 5.41) is 6.47. The van der Waals surface area contributed by atoms with Gasteiger partial charge in [0.25, 0.3) is 5.91 Å². The number of H-pyrrole nitrogens is 1. The molecular formula is C13H15N5O2. The molecule has 104 valence electrons. The molecule has 0 unspecified atom stereocenters. The number of aromatic nitrogens is 3. The van der Waals surface area contributed by atoms with Crippen LogP contribution in [0.1, 0.15) is 22.3 Å². The Morgan fingerprint density at radius 3 is 3.10 bits per heavy atom. The van der Waals surface area contributed by atoms with Gasteiger partial charge in [0.05, 0.1) is 18.8 Å². The summed E-state index contributed by atoms with van der Waals surface area (Å²) in [5.74, 6) is 0.364. The van der Waals surface area contributed by atoms with Crippen molar-refractivity contribution in [3.05, 3.63) is 41.9 Å². The van der Waals surface area contributed by atoms with Gasteiger partial charge in [-0.2, -0.15) is 5.10 Å².